The van der Waals surface area contributed by atoms with Crippen LogP contribution in [0.4, 0.5) is 0 Å². The van der Waals surface area contributed by atoms with Crippen LogP contribution in [-0.4, -0.2) is 62.7 Å². The molecule has 34 heavy (non-hydrogen) atoms. The van der Waals surface area contributed by atoms with Crippen LogP contribution in [0.1, 0.15) is 32.1 Å². The molecule has 1 saturated heterocycles. The number of piperazine rings is 1. The Morgan fingerprint density at radius 3 is 1.94 bits per heavy atom. The van der Waals surface area contributed by atoms with Crippen molar-refractivity contribution >= 4 is 31.7 Å². The fourth-order valence-electron chi connectivity index (χ4n) is 4.21. The third-order valence-corrected chi connectivity index (χ3v) is 9.88. The number of nitrogens with zero attached hydrogens (tertiary/aromatic N) is 3. The zero-order chi connectivity index (χ0) is 24.2. The second-order valence-electron chi connectivity index (χ2n) is 8.34. The Morgan fingerprint density at radius 1 is 0.794 bits per heavy atom. The van der Waals surface area contributed by atoms with Gasteiger partial charge in [0.05, 0.1) is 9.79 Å². The SMILES string of the molecule is O=C(NN=C1CCCCC1)[C@H]1CN(S(=O)(=O)c2ccccc2)CCN1S(=O)(=O)c1ccccc1. The van der Waals surface area contributed by atoms with Crippen LogP contribution in [0.25, 0.3) is 0 Å². The van der Waals surface area contributed by atoms with Gasteiger partial charge in [0.1, 0.15) is 6.04 Å². The van der Waals surface area contributed by atoms with Gasteiger partial charge in [-0.25, -0.2) is 22.3 Å². The van der Waals surface area contributed by atoms with Gasteiger partial charge in [-0.2, -0.15) is 13.7 Å². The first-order chi connectivity index (χ1) is 16.3. The van der Waals surface area contributed by atoms with Crippen molar-refractivity contribution in [2.24, 2.45) is 5.10 Å². The number of benzene rings is 2. The van der Waals surface area contributed by atoms with E-state index in [1.165, 1.54) is 24.3 Å². The Balaban J connectivity index is 1.63. The number of hydrogen-bond donors (Lipinski definition) is 1. The van der Waals surface area contributed by atoms with E-state index in [9.17, 15) is 21.6 Å². The van der Waals surface area contributed by atoms with E-state index in [4.69, 9.17) is 0 Å². The molecule has 1 atom stereocenters. The maximum Gasteiger partial charge on any atom is 0.259 e. The molecule has 1 amide bonds. The maximum atomic E-state index is 13.4. The Labute approximate surface area is 200 Å². The summed E-state index contributed by atoms with van der Waals surface area (Å²) >= 11 is 0. The summed E-state index contributed by atoms with van der Waals surface area (Å²) in [7, 11) is -7.93. The first-order valence-electron chi connectivity index (χ1n) is 11.3. The number of nitrogens with one attached hydrogen (secondary N) is 1. The second-order valence-corrected chi connectivity index (χ2v) is 12.2. The molecule has 1 aliphatic carbocycles. The van der Waals surface area contributed by atoms with Gasteiger partial charge in [0.25, 0.3) is 5.91 Å². The number of amides is 1. The smallest absolute Gasteiger partial charge is 0.259 e. The number of carbonyl (C=O) groups is 1. The van der Waals surface area contributed by atoms with Crippen molar-refractivity contribution in [2.45, 2.75) is 47.9 Å². The normalized spacial score (nSPS) is 20.6. The minimum Gasteiger partial charge on any atom is -0.271 e. The topological polar surface area (TPSA) is 116 Å². The molecule has 2 aromatic rings. The molecule has 1 heterocycles. The first kappa shape index (κ1) is 24.5. The number of hydrogen-bond acceptors (Lipinski definition) is 6. The van der Waals surface area contributed by atoms with E-state index < -0.39 is 32.0 Å². The molecule has 4 rings (SSSR count). The molecule has 0 bridgehead atoms. The van der Waals surface area contributed by atoms with E-state index in [2.05, 4.69) is 10.5 Å². The highest BCUT2D eigenvalue weighted by molar-refractivity contribution is 7.89. The average Bonchev–Trinajstić information content (AvgIpc) is 2.88. The van der Waals surface area contributed by atoms with Crippen LogP contribution in [0.5, 0.6) is 0 Å². The third kappa shape index (κ3) is 5.22. The van der Waals surface area contributed by atoms with E-state index in [1.54, 1.807) is 36.4 Å². The van der Waals surface area contributed by atoms with Gasteiger partial charge in [-0.05, 0) is 49.9 Å². The average molecular weight is 505 g/mol. The predicted octanol–water partition coefficient (Wildman–Crippen LogP) is 2.19. The zero-order valence-electron chi connectivity index (χ0n) is 18.7. The highest BCUT2D eigenvalue weighted by Gasteiger charge is 2.43. The highest BCUT2D eigenvalue weighted by Crippen LogP contribution is 2.25. The molecule has 2 fully saturated rings. The Kier molecular flexibility index (Phi) is 7.46. The molecule has 1 aliphatic heterocycles. The minimum absolute atomic E-state index is 0.0470. The maximum absolute atomic E-state index is 13.4. The monoisotopic (exact) mass is 504 g/mol. The summed E-state index contributed by atoms with van der Waals surface area (Å²) in [5, 5.41) is 4.22. The molecular formula is C23H28N4O5S2. The molecule has 1 saturated carbocycles. The molecule has 0 spiro atoms. The van der Waals surface area contributed by atoms with Crippen LogP contribution < -0.4 is 5.43 Å². The quantitative estimate of drug-likeness (QED) is 0.606. The largest absolute Gasteiger partial charge is 0.271 e. The lowest BCUT2D eigenvalue weighted by molar-refractivity contribution is -0.125. The van der Waals surface area contributed by atoms with Gasteiger partial charge in [-0.3, -0.25) is 4.79 Å². The molecule has 0 radical (unpaired) electrons. The second kappa shape index (κ2) is 10.3. The summed E-state index contributed by atoms with van der Waals surface area (Å²) < 4.78 is 55.4. The number of sulfonamides is 2. The van der Waals surface area contributed by atoms with E-state index in [1.807, 2.05) is 0 Å². The molecule has 0 unspecified atom stereocenters. The van der Waals surface area contributed by atoms with Crippen molar-refractivity contribution in [1.29, 1.82) is 0 Å². The summed E-state index contributed by atoms with van der Waals surface area (Å²) in [6.45, 7) is -0.528. The molecule has 2 aliphatic rings. The van der Waals surface area contributed by atoms with Gasteiger partial charge >= 0.3 is 0 Å². The summed E-state index contributed by atoms with van der Waals surface area (Å²) in [5.74, 6) is -0.648. The van der Waals surface area contributed by atoms with Crippen LogP contribution in [0.3, 0.4) is 0 Å². The van der Waals surface area contributed by atoms with Crippen molar-refractivity contribution in [3.8, 4) is 0 Å². The summed E-state index contributed by atoms with van der Waals surface area (Å²) in [6.07, 6.45) is 4.67. The van der Waals surface area contributed by atoms with Gasteiger partial charge in [0, 0.05) is 25.3 Å². The Bertz CT molecular complexity index is 1240. The zero-order valence-corrected chi connectivity index (χ0v) is 20.3. The van der Waals surface area contributed by atoms with E-state index >= 15 is 0 Å². The van der Waals surface area contributed by atoms with Gasteiger partial charge in [0.2, 0.25) is 20.0 Å². The van der Waals surface area contributed by atoms with E-state index in [-0.39, 0.29) is 29.4 Å². The predicted molar refractivity (Wildman–Crippen MR) is 128 cm³/mol. The minimum atomic E-state index is -4.03. The molecule has 2 aromatic carbocycles. The van der Waals surface area contributed by atoms with Crippen molar-refractivity contribution in [3.63, 3.8) is 0 Å². The van der Waals surface area contributed by atoms with Gasteiger partial charge < -0.3 is 0 Å². The summed E-state index contributed by atoms with van der Waals surface area (Å²) in [5.41, 5.74) is 3.37. The highest BCUT2D eigenvalue weighted by atomic mass is 32.2. The lowest BCUT2D eigenvalue weighted by Gasteiger charge is -2.38. The van der Waals surface area contributed by atoms with Crippen molar-refractivity contribution in [1.82, 2.24) is 14.0 Å². The number of carbonyl (C=O) groups excluding carboxylic acids is 1. The molecule has 1 N–H and O–H groups in total. The van der Waals surface area contributed by atoms with Crippen LogP contribution in [0.15, 0.2) is 75.6 Å². The first-order valence-corrected chi connectivity index (χ1v) is 14.2. The van der Waals surface area contributed by atoms with E-state index in [0.717, 1.165) is 46.4 Å². The fraction of sp³-hybridized carbons (Fsp3) is 0.391. The lowest BCUT2D eigenvalue weighted by Crippen LogP contribution is -2.60. The van der Waals surface area contributed by atoms with Crippen molar-refractivity contribution < 1.29 is 21.6 Å². The molecule has 182 valence electrons. The van der Waals surface area contributed by atoms with Crippen LogP contribution >= 0.6 is 0 Å². The fourth-order valence-corrected chi connectivity index (χ4v) is 7.26. The lowest BCUT2D eigenvalue weighted by atomic mass is 9.99. The van der Waals surface area contributed by atoms with E-state index in [0.29, 0.717) is 0 Å². The number of hydrazone groups is 1. The van der Waals surface area contributed by atoms with Crippen molar-refractivity contribution in [2.75, 3.05) is 19.6 Å². The standard InChI is InChI=1S/C23H28N4O5S2/c28-23(25-24-19-10-4-1-5-11-19)22-18-26(33(29,30)20-12-6-2-7-13-20)16-17-27(22)34(31,32)21-14-8-3-9-15-21/h2-3,6-9,12-15,22H,1,4-5,10-11,16-18H2,(H,25,28)/t22-/m1/s1. The Hall–Kier alpha value is -2.60. The molecule has 0 aromatic heterocycles. The summed E-state index contributed by atoms with van der Waals surface area (Å²) in [6, 6.07) is 14.5. The van der Waals surface area contributed by atoms with Gasteiger partial charge in [0.15, 0.2) is 0 Å². The summed E-state index contributed by atoms with van der Waals surface area (Å²) in [4.78, 5) is 13.3. The molecular weight excluding hydrogens is 476 g/mol. The van der Waals surface area contributed by atoms with Crippen LogP contribution in [0.2, 0.25) is 0 Å². The van der Waals surface area contributed by atoms with Gasteiger partial charge in [-0.15, -0.1) is 0 Å². The third-order valence-electron chi connectivity index (χ3n) is 6.08. The van der Waals surface area contributed by atoms with Crippen LogP contribution in [-0.2, 0) is 24.8 Å². The van der Waals surface area contributed by atoms with Gasteiger partial charge in [-0.1, -0.05) is 42.8 Å². The number of rotatable bonds is 6. The molecule has 9 nitrogen and oxygen atoms in total. The molecule has 11 heteroatoms. The Morgan fingerprint density at radius 2 is 1.35 bits per heavy atom. The van der Waals surface area contributed by atoms with Crippen LogP contribution in [0, 0.1) is 0 Å². The van der Waals surface area contributed by atoms with Crippen molar-refractivity contribution in [3.05, 3.63) is 60.7 Å².